The van der Waals surface area contributed by atoms with Crippen LogP contribution in [0.3, 0.4) is 0 Å². The lowest BCUT2D eigenvalue weighted by atomic mass is 8.87. The van der Waals surface area contributed by atoms with Gasteiger partial charge in [-0.3, -0.25) is 0 Å². The molecule has 51 heavy (non-hydrogen) atoms. The van der Waals surface area contributed by atoms with Gasteiger partial charge in [-0.15, -0.1) is 0 Å². The summed E-state index contributed by atoms with van der Waals surface area (Å²) in [5, 5.41) is 0. The molecule has 0 saturated heterocycles. The first-order valence-electron chi connectivity index (χ1n) is 20.7. The molecule has 0 aromatic carbocycles. The van der Waals surface area contributed by atoms with Crippen molar-refractivity contribution in [3.63, 3.8) is 0 Å². The van der Waals surface area contributed by atoms with Crippen LogP contribution in [0, 0.1) is 23.7 Å². The van der Waals surface area contributed by atoms with Crippen LogP contribution in [0.1, 0.15) is 40.5 Å². The van der Waals surface area contributed by atoms with Gasteiger partial charge in [0.2, 0.25) is 0 Å². The summed E-state index contributed by atoms with van der Waals surface area (Å²) < 4.78 is 62.2. The molecule has 0 spiro atoms. The summed E-state index contributed by atoms with van der Waals surface area (Å²) in [5.74, 6) is 3.05. The monoisotopic (exact) mass is 848 g/mol. The summed E-state index contributed by atoms with van der Waals surface area (Å²) in [6.07, 6.45) is 2.28. The molecule has 0 N–H and O–H groups in total. The third-order valence-electron chi connectivity index (χ3n) is 14.2. The normalized spacial score (nSPS) is 48.2. The van der Waals surface area contributed by atoms with E-state index in [9.17, 15) is 0 Å². The molecule has 0 radical (unpaired) electrons. The Labute approximate surface area is 324 Å². The van der Waals surface area contributed by atoms with E-state index in [-0.39, 0.29) is 0 Å². The van der Waals surface area contributed by atoms with Gasteiger partial charge in [0, 0.05) is 0 Å². The van der Waals surface area contributed by atoms with Crippen molar-refractivity contribution in [1.82, 2.24) is 0 Å². The average molecular weight is 850 g/mol. The van der Waals surface area contributed by atoms with E-state index in [1.807, 2.05) is 0 Å². The second kappa shape index (κ2) is 12.2. The Morgan fingerprint density at radius 2 is 0.863 bits per heavy atom. The molecule has 0 aromatic heterocycles. The first-order valence-corrected chi connectivity index (χ1v) is 42.5. The Bertz CT molecular complexity index is 1380. The van der Waals surface area contributed by atoms with E-state index in [1.54, 1.807) is 0 Å². The lowest BCUT2D eigenvalue weighted by Crippen LogP contribution is -3.53. The fourth-order valence-corrected chi connectivity index (χ4v) is 25.7. The minimum atomic E-state index is -2.39. The molecule has 7 fully saturated rings. The summed E-state index contributed by atoms with van der Waals surface area (Å²) in [6.45, 7) is 44.7. The summed E-state index contributed by atoms with van der Waals surface area (Å²) in [6, 6.07) is 2.16. The zero-order valence-corrected chi connectivity index (χ0v) is 45.5. The highest BCUT2D eigenvalue weighted by Gasteiger charge is 3.46. The Kier molecular flexibility index (Phi) is 10.1. The topological polar surface area (TPSA) is 73.8 Å². The Morgan fingerprint density at radius 1 is 0.510 bits per heavy atom. The number of hydrogen-bond donors (Lipinski definition) is 0. The Balaban J connectivity index is 1.65. The van der Waals surface area contributed by atoms with Crippen LogP contribution in [0.2, 0.25) is 110 Å². The molecule has 0 aliphatic heterocycles. The van der Waals surface area contributed by atoms with Crippen LogP contribution < -0.4 is 0 Å². The smallest absolute Gasteiger partial charge is 0.188 e. The van der Waals surface area contributed by atoms with Crippen molar-refractivity contribution in [3.8, 4) is 0 Å². The van der Waals surface area contributed by atoms with E-state index in [4.69, 9.17) is 35.4 Å². The zero-order valence-electron chi connectivity index (χ0n) is 36.1. The van der Waals surface area contributed by atoms with E-state index in [2.05, 4.69) is 126 Å². The van der Waals surface area contributed by atoms with Gasteiger partial charge in [-0.25, -0.2) is 0 Å². The van der Waals surface area contributed by atoms with Gasteiger partial charge in [-0.1, -0.05) is 60.2 Å². The van der Waals surface area contributed by atoms with E-state index in [1.165, 1.54) is 6.42 Å². The molecule has 7 saturated carbocycles. The third kappa shape index (κ3) is 4.03. The molecule has 0 aromatic rings. The van der Waals surface area contributed by atoms with Crippen LogP contribution in [0.15, 0.2) is 0 Å². The van der Waals surface area contributed by atoms with Crippen molar-refractivity contribution in [2.24, 2.45) is 23.7 Å². The molecule has 7 aliphatic carbocycles. The summed E-state index contributed by atoms with van der Waals surface area (Å²) >= 11 is 0. The third-order valence-corrected chi connectivity index (χ3v) is 23.9. The molecular formula is C35H76O8Si8. The molecule has 16 heteroatoms. The van der Waals surface area contributed by atoms with E-state index in [0.717, 1.165) is 42.2 Å². The maximum atomic E-state index is 8.21. The van der Waals surface area contributed by atoms with Crippen LogP contribution in [0.25, 0.3) is 0 Å². The van der Waals surface area contributed by atoms with Crippen molar-refractivity contribution in [1.29, 1.82) is 0 Å². The predicted octanol–water partition coefficient (Wildman–Crippen LogP) is 5.89. The lowest BCUT2D eigenvalue weighted by Gasteiger charge is -3.24. The lowest BCUT2D eigenvalue weighted by molar-refractivity contribution is -0.836. The van der Waals surface area contributed by atoms with Gasteiger partial charge in [0.1, 0.15) is 0 Å². The molecule has 10 unspecified atom stereocenters. The van der Waals surface area contributed by atoms with Crippen LogP contribution in [0.4, 0.5) is 0 Å². The average Bonchev–Trinajstić information content (AvgIpc) is 2.97. The van der Waals surface area contributed by atoms with Crippen LogP contribution in [-0.2, 0) is 35.4 Å². The molecule has 296 valence electrons. The number of hydrogen-bond acceptors (Lipinski definition) is 8. The van der Waals surface area contributed by atoms with Gasteiger partial charge in [-0.2, -0.15) is 0 Å². The molecule has 10 atom stereocenters. The predicted molar refractivity (Wildman–Crippen MR) is 230 cm³/mol. The number of rotatable bonds is 21. The Morgan fingerprint density at radius 3 is 1.22 bits per heavy atom. The quantitative estimate of drug-likeness (QED) is 0.133. The van der Waals surface area contributed by atoms with Crippen molar-refractivity contribution < 1.29 is 35.4 Å². The van der Waals surface area contributed by atoms with Crippen molar-refractivity contribution in [3.05, 3.63) is 0 Å². The molecule has 7 rings (SSSR count). The van der Waals surface area contributed by atoms with Gasteiger partial charge in [0.05, 0.1) is 0 Å². The van der Waals surface area contributed by atoms with Gasteiger partial charge < -0.3 is 35.4 Å². The molecule has 0 heterocycles. The van der Waals surface area contributed by atoms with Gasteiger partial charge in [0.25, 0.3) is 0 Å². The molecular weight excluding hydrogens is 773 g/mol. The van der Waals surface area contributed by atoms with Gasteiger partial charge >= 0.3 is 0 Å². The maximum absolute atomic E-state index is 8.21. The second-order valence-electron chi connectivity index (χ2n) is 20.6. The Hall–Kier alpha value is 1.42. The van der Waals surface area contributed by atoms with Gasteiger partial charge in [0.15, 0.2) is 116 Å². The largest absolute Gasteiger partial charge is 0.410 e. The maximum Gasteiger partial charge on any atom is 0.188 e. The van der Waals surface area contributed by atoms with Crippen molar-refractivity contribution in [2.75, 3.05) is 0 Å². The summed E-state index contributed by atoms with van der Waals surface area (Å²) in [7, 11) is -13.9. The zero-order chi connectivity index (χ0) is 38.5. The van der Waals surface area contributed by atoms with Gasteiger partial charge in [-0.05, 0) is 114 Å². The molecule has 0 bridgehead atoms. The highest BCUT2D eigenvalue weighted by molar-refractivity contribution is 6.73. The second-order valence-corrected chi connectivity index (χ2v) is 42.8. The van der Waals surface area contributed by atoms with E-state index >= 15 is 0 Å². The summed E-state index contributed by atoms with van der Waals surface area (Å²) in [5.41, 5.74) is -6.79. The fourth-order valence-electron chi connectivity index (χ4n) is 13.7. The molecule has 0 amide bonds. The summed E-state index contributed by atoms with van der Waals surface area (Å²) in [4.78, 5) is 0. The van der Waals surface area contributed by atoms with E-state index < -0.39 is 116 Å². The molecule has 7 aliphatic rings. The first kappa shape index (κ1) is 42.0. The minimum Gasteiger partial charge on any atom is -0.410 e. The van der Waals surface area contributed by atoms with Crippen molar-refractivity contribution in [2.45, 2.75) is 196 Å². The van der Waals surface area contributed by atoms with Crippen molar-refractivity contribution >= 4 is 71.6 Å². The SMILES string of the molecule is CCC[Si](C)(C)OC12C3(O[SiH2]C)C4(O[SiH2]C)C5(O[SiH2]C)C3(O[SiH](C)C)C1(O[Si](C)(C)C)C5(O[Si](C)(C)C)C42O[Si](C)(C)CCC1C(C)C(C)C1C. The fraction of sp³-hybridized carbons (Fsp3) is 1.00. The van der Waals surface area contributed by atoms with E-state index in [0.29, 0.717) is 0 Å². The minimum absolute atomic E-state index is 0.747. The first-order chi connectivity index (χ1) is 23.3. The molecule has 8 nitrogen and oxygen atoms in total. The van der Waals surface area contributed by atoms with Crippen LogP contribution >= 0.6 is 0 Å². The van der Waals surface area contributed by atoms with Crippen LogP contribution in [-0.4, -0.2) is 116 Å². The highest BCUT2D eigenvalue weighted by atomic mass is 28.4. The highest BCUT2D eigenvalue weighted by Crippen LogP contribution is 3.16. The standard InChI is InChI=1S/C35H76O8Si8/c1-20-22-50(16,17)42-34-30(38-46-7)28(36-44-5)29(37-45-6)31(30,39-47(8)9)35(34,41-49(13,14)15)32(29,40-48(10,11)12)33(28,34)43-51(18,19)23-21-27-25(3)24(2)26(27)4/h24-27,47H,20-23,44-46H2,1-19H3. The van der Waals surface area contributed by atoms with Crippen LogP contribution in [0.5, 0.6) is 0 Å².